The Morgan fingerprint density at radius 2 is 2.17 bits per heavy atom. The van der Waals surface area contributed by atoms with Gasteiger partial charge < -0.3 is 4.74 Å². The fraction of sp³-hybridized carbons (Fsp3) is 0.455. The molecule has 1 aromatic rings. The Hall–Kier alpha value is -1.30. The third kappa shape index (κ3) is 3.35. The van der Waals surface area contributed by atoms with Gasteiger partial charge in [0.25, 0.3) is 6.43 Å². The Balaban J connectivity index is 3.15. The van der Waals surface area contributed by atoms with Crippen LogP contribution in [0.15, 0.2) is 6.20 Å². The highest BCUT2D eigenvalue weighted by molar-refractivity contribution is 6.17. The van der Waals surface area contributed by atoms with E-state index < -0.39 is 30.3 Å². The van der Waals surface area contributed by atoms with Gasteiger partial charge in [0, 0.05) is 23.2 Å². The van der Waals surface area contributed by atoms with Crippen molar-refractivity contribution in [3.8, 4) is 0 Å². The van der Waals surface area contributed by atoms with E-state index in [1.807, 2.05) is 0 Å². The van der Waals surface area contributed by atoms with Crippen LogP contribution in [-0.4, -0.2) is 17.6 Å². The predicted octanol–water partition coefficient (Wildman–Crippen LogP) is 3.00. The number of rotatable bonds is 5. The second-order valence-electron chi connectivity index (χ2n) is 3.38. The number of carbonyl (C=O) groups is 1. The first kappa shape index (κ1) is 14.8. The predicted molar refractivity (Wildman–Crippen MR) is 59.0 cm³/mol. The molecule has 1 aromatic heterocycles. The number of carbonyl (C=O) groups excluding carboxylic acids is 1. The van der Waals surface area contributed by atoms with E-state index in [0.29, 0.717) is 0 Å². The lowest BCUT2D eigenvalue weighted by molar-refractivity contribution is -0.142. The molecule has 0 N–H and O–H groups in total. The molecule has 7 heteroatoms. The Morgan fingerprint density at radius 1 is 1.50 bits per heavy atom. The molecule has 0 atom stereocenters. The Labute approximate surface area is 107 Å². The molecule has 0 aliphatic carbocycles. The molecule has 0 aliphatic heterocycles. The van der Waals surface area contributed by atoms with Gasteiger partial charge in [0.05, 0.1) is 13.0 Å². The molecule has 0 aliphatic rings. The fourth-order valence-corrected chi connectivity index (χ4v) is 1.78. The Kier molecular flexibility index (Phi) is 5.40. The van der Waals surface area contributed by atoms with Gasteiger partial charge >= 0.3 is 5.97 Å². The zero-order valence-corrected chi connectivity index (χ0v) is 10.3. The number of pyridine rings is 1. The molecule has 1 heterocycles. The maximum atomic E-state index is 13.5. The summed E-state index contributed by atoms with van der Waals surface area (Å²) in [5.74, 6) is -2.02. The summed E-state index contributed by atoms with van der Waals surface area (Å²) in [5, 5.41) is 0. The van der Waals surface area contributed by atoms with Gasteiger partial charge in [-0.15, -0.1) is 11.6 Å². The van der Waals surface area contributed by atoms with Crippen LogP contribution >= 0.6 is 11.6 Å². The van der Waals surface area contributed by atoms with Crippen molar-refractivity contribution in [1.29, 1.82) is 0 Å². The SMILES string of the molecule is CCOC(=O)Cc1c(F)ncc(C(F)F)c1CCl. The number of hydrogen-bond donors (Lipinski definition) is 0. The number of esters is 1. The van der Waals surface area contributed by atoms with Gasteiger partial charge in [0.15, 0.2) is 0 Å². The molecule has 0 spiro atoms. The van der Waals surface area contributed by atoms with Crippen molar-refractivity contribution >= 4 is 17.6 Å². The maximum absolute atomic E-state index is 13.5. The van der Waals surface area contributed by atoms with Crippen molar-refractivity contribution in [2.75, 3.05) is 6.61 Å². The van der Waals surface area contributed by atoms with Crippen LogP contribution in [0.25, 0.3) is 0 Å². The number of alkyl halides is 3. The molecule has 100 valence electrons. The van der Waals surface area contributed by atoms with Crippen LogP contribution in [0.1, 0.15) is 30.0 Å². The van der Waals surface area contributed by atoms with Gasteiger partial charge in [-0.25, -0.2) is 13.8 Å². The van der Waals surface area contributed by atoms with Crippen molar-refractivity contribution in [3.63, 3.8) is 0 Å². The molecule has 0 saturated carbocycles. The van der Waals surface area contributed by atoms with E-state index in [0.717, 1.165) is 6.20 Å². The minimum Gasteiger partial charge on any atom is -0.466 e. The number of halogens is 4. The van der Waals surface area contributed by atoms with Gasteiger partial charge in [-0.1, -0.05) is 0 Å². The highest BCUT2D eigenvalue weighted by Gasteiger charge is 2.22. The number of aromatic nitrogens is 1. The fourth-order valence-electron chi connectivity index (χ4n) is 1.46. The summed E-state index contributed by atoms with van der Waals surface area (Å²) in [7, 11) is 0. The number of hydrogen-bond acceptors (Lipinski definition) is 3. The van der Waals surface area contributed by atoms with E-state index in [1.54, 1.807) is 6.92 Å². The van der Waals surface area contributed by atoms with Crippen LogP contribution in [0.3, 0.4) is 0 Å². The summed E-state index contributed by atoms with van der Waals surface area (Å²) in [4.78, 5) is 14.5. The molecule has 3 nitrogen and oxygen atoms in total. The molecule has 18 heavy (non-hydrogen) atoms. The van der Waals surface area contributed by atoms with Gasteiger partial charge in [-0.3, -0.25) is 4.79 Å². The molecule has 0 saturated heterocycles. The lowest BCUT2D eigenvalue weighted by atomic mass is 10.0. The second kappa shape index (κ2) is 6.58. The first-order valence-corrected chi connectivity index (χ1v) is 5.70. The summed E-state index contributed by atoms with van der Waals surface area (Å²) in [6.45, 7) is 1.71. The van der Waals surface area contributed by atoms with Crippen LogP contribution < -0.4 is 0 Å². The molecule has 0 bridgehead atoms. The minimum absolute atomic E-state index is 0.104. The highest BCUT2D eigenvalue weighted by atomic mass is 35.5. The minimum atomic E-state index is -2.83. The summed E-state index contributed by atoms with van der Waals surface area (Å²) in [6.07, 6.45) is -2.56. The molecular formula is C11H11ClF3NO2. The largest absolute Gasteiger partial charge is 0.466 e. The van der Waals surface area contributed by atoms with Crippen LogP contribution in [0, 0.1) is 5.95 Å². The van der Waals surface area contributed by atoms with Crippen molar-refractivity contribution in [2.45, 2.75) is 25.7 Å². The molecule has 0 unspecified atom stereocenters. The van der Waals surface area contributed by atoms with Crippen LogP contribution in [-0.2, 0) is 21.8 Å². The Morgan fingerprint density at radius 3 is 2.67 bits per heavy atom. The first-order chi connectivity index (χ1) is 8.51. The summed E-state index contributed by atoms with van der Waals surface area (Å²) in [5.41, 5.74) is -0.806. The van der Waals surface area contributed by atoms with E-state index in [9.17, 15) is 18.0 Å². The van der Waals surface area contributed by atoms with E-state index in [-0.39, 0.29) is 23.6 Å². The summed E-state index contributed by atoms with van der Waals surface area (Å²) < 4.78 is 43.4. The zero-order chi connectivity index (χ0) is 13.7. The van der Waals surface area contributed by atoms with Crippen LogP contribution in [0.4, 0.5) is 13.2 Å². The van der Waals surface area contributed by atoms with Gasteiger partial charge in [-0.05, 0) is 12.5 Å². The monoisotopic (exact) mass is 281 g/mol. The topological polar surface area (TPSA) is 39.2 Å². The van der Waals surface area contributed by atoms with Gasteiger partial charge in [0.1, 0.15) is 0 Å². The lowest BCUT2D eigenvalue weighted by Gasteiger charge is -2.12. The summed E-state index contributed by atoms with van der Waals surface area (Å²) >= 11 is 5.53. The molecule has 0 radical (unpaired) electrons. The van der Waals surface area contributed by atoms with Crippen molar-refractivity contribution in [3.05, 3.63) is 28.8 Å². The highest BCUT2D eigenvalue weighted by Crippen LogP contribution is 2.27. The van der Waals surface area contributed by atoms with Crippen LogP contribution in [0.5, 0.6) is 0 Å². The van der Waals surface area contributed by atoms with Gasteiger partial charge in [-0.2, -0.15) is 4.39 Å². The van der Waals surface area contributed by atoms with Crippen LogP contribution in [0.2, 0.25) is 0 Å². The van der Waals surface area contributed by atoms with E-state index >= 15 is 0 Å². The smallest absolute Gasteiger partial charge is 0.310 e. The van der Waals surface area contributed by atoms with Crippen molar-refractivity contribution in [1.82, 2.24) is 4.98 Å². The molecule has 0 fully saturated rings. The quantitative estimate of drug-likeness (QED) is 0.473. The summed E-state index contributed by atoms with van der Waals surface area (Å²) in [6, 6.07) is 0. The van der Waals surface area contributed by atoms with E-state index in [1.165, 1.54) is 0 Å². The average molecular weight is 282 g/mol. The third-order valence-corrected chi connectivity index (χ3v) is 2.54. The lowest BCUT2D eigenvalue weighted by Crippen LogP contribution is -2.13. The molecule has 0 amide bonds. The van der Waals surface area contributed by atoms with E-state index in [4.69, 9.17) is 11.6 Å². The molecule has 0 aromatic carbocycles. The second-order valence-corrected chi connectivity index (χ2v) is 3.64. The molecular weight excluding hydrogens is 271 g/mol. The maximum Gasteiger partial charge on any atom is 0.310 e. The van der Waals surface area contributed by atoms with E-state index in [2.05, 4.69) is 9.72 Å². The number of nitrogens with zero attached hydrogens (tertiary/aromatic N) is 1. The van der Waals surface area contributed by atoms with Gasteiger partial charge in [0.2, 0.25) is 5.95 Å². The zero-order valence-electron chi connectivity index (χ0n) is 9.55. The number of ether oxygens (including phenoxy) is 1. The average Bonchev–Trinajstić information content (AvgIpc) is 2.31. The standard InChI is InChI=1S/C11H11ClF3NO2/c1-2-18-9(17)3-6-7(4-12)8(10(13)14)5-16-11(6)15/h5,10H,2-4H2,1H3. The first-order valence-electron chi connectivity index (χ1n) is 5.17. The van der Waals surface area contributed by atoms with Crippen molar-refractivity contribution in [2.24, 2.45) is 0 Å². The third-order valence-electron chi connectivity index (χ3n) is 2.27. The Bertz CT molecular complexity index is 441. The molecule has 1 rings (SSSR count). The van der Waals surface area contributed by atoms with Crippen molar-refractivity contribution < 1.29 is 22.7 Å². The normalized spacial score (nSPS) is 10.8.